The molecule has 1 aliphatic rings. The van der Waals surface area contributed by atoms with Crippen LogP contribution in [0.4, 0.5) is 4.79 Å². The summed E-state index contributed by atoms with van der Waals surface area (Å²) in [6.07, 6.45) is -0.826. The van der Waals surface area contributed by atoms with Gasteiger partial charge < -0.3 is 34.3 Å². The van der Waals surface area contributed by atoms with E-state index < -0.39 is 29.6 Å². The number of hydrogen-bond acceptors (Lipinski definition) is 8. The molecule has 0 unspecified atom stereocenters. The van der Waals surface area contributed by atoms with Gasteiger partial charge in [0, 0.05) is 18.9 Å². The first-order valence-corrected chi connectivity index (χ1v) is 14.4. The minimum absolute atomic E-state index is 0.0141. The number of amides is 2. The van der Waals surface area contributed by atoms with E-state index in [0.29, 0.717) is 22.8 Å². The Kier molecular flexibility index (Phi) is 10.4. The first-order valence-electron chi connectivity index (χ1n) is 14.4. The zero-order chi connectivity index (χ0) is 31.9. The Hall–Kier alpha value is -4.73. The summed E-state index contributed by atoms with van der Waals surface area (Å²) in [7, 11) is 4.52. The molecule has 1 aliphatic carbocycles. The Morgan fingerprint density at radius 2 is 1.41 bits per heavy atom. The number of fused-ring (bicyclic) bond motifs is 3. The van der Waals surface area contributed by atoms with Crippen molar-refractivity contribution in [2.75, 3.05) is 27.9 Å². The second-order valence-corrected chi connectivity index (χ2v) is 11.4. The third-order valence-electron chi connectivity index (χ3n) is 7.20. The molecule has 10 heteroatoms. The average Bonchev–Trinajstić information content (AvgIpc) is 3.32. The van der Waals surface area contributed by atoms with Gasteiger partial charge in [-0.2, -0.15) is 0 Å². The molecule has 4 rings (SSSR count). The summed E-state index contributed by atoms with van der Waals surface area (Å²) >= 11 is 0. The van der Waals surface area contributed by atoms with E-state index in [1.165, 1.54) is 21.3 Å². The predicted molar refractivity (Wildman–Crippen MR) is 165 cm³/mol. The second-order valence-electron chi connectivity index (χ2n) is 11.4. The summed E-state index contributed by atoms with van der Waals surface area (Å²) < 4.78 is 27.2. The summed E-state index contributed by atoms with van der Waals surface area (Å²) in [5, 5.41) is 5.48. The number of rotatable bonds is 12. The highest BCUT2D eigenvalue weighted by Crippen LogP contribution is 2.44. The van der Waals surface area contributed by atoms with Crippen molar-refractivity contribution in [2.45, 2.75) is 57.7 Å². The molecule has 0 fully saturated rings. The van der Waals surface area contributed by atoms with Crippen LogP contribution in [0, 0.1) is 0 Å². The van der Waals surface area contributed by atoms with E-state index in [9.17, 15) is 14.4 Å². The number of hydrogen-bond donors (Lipinski definition) is 2. The SMILES string of the molecule is COc1cc(CNC(=O)[C@H](CCC(=O)OC(C)(C)C)NC(=O)OCC2c3ccccc3-c3ccccc32)cc(OC)c1OC. The fourth-order valence-corrected chi connectivity index (χ4v) is 5.26. The van der Waals surface area contributed by atoms with Crippen molar-refractivity contribution in [3.05, 3.63) is 77.4 Å². The van der Waals surface area contributed by atoms with E-state index >= 15 is 0 Å². The van der Waals surface area contributed by atoms with Crippen molar-refractivity contribution in [1.29, 1.82) is 0 Å². The Balaban J connectivity index is 1.44. The van der Waals surface area contributed by atoms with Crippen LogP contribution in [0.1, 0.15) is 56.2 Å². The Bertz CT molecular complexity index is 1430. The molecule has 0 spiro atoms. The van der Waals surface area contributed by atoms with Crippen LogP contribution in [0.2, 0.25) is 0 Å². The first kappa shape index (κ1) is 32.2. The monoisotopic (exact) mass is 604 g/mol. The summed E-state index contributed by atoms with van der Waals surface area (Å²) in [5.41, 5.74) is 4.37. The number of carbonyl (C=O) groups is 3. The molecule has 2 amide bonds. The lowest BCUT2D eigenvalue weighted by molar-refractivity contribution is -0.155. The Labute approximate surface area is 258 Å². The lowest BCUT2D eigenvalue weighted by atomic mass is 9.98. The van der Waals surface area contributed by atoms with Crippen molar-refractivity contribution in [1.82, 2.24) is 10.6 Å². The van der Waals surface area contributed by atoms with Gasteiger partial charge in [0.05, 0.1) is 21.3 Å². The van der Waals surface area contributed by atoms with Crippen LogP contribution in [0.25, 0.3) is 11.1 Å². The molecule has 234 valence electrons. The first-order chi connectivity index (χ1) is 21.0. The predicted octanol–water partition coefficient (Wildman–Crippen LogP) is 5.36. The zero-order valence-corrected chi connectivity index (χ0v) is 26.0. The van der Waals surface area contributed by atoms with Crippen LogP contribution in [0.3, 0.4) is 0 Å². The standard InChI is InChI=1S/C34H40N2O8/c1-34(2,3)44-30(37)16-15-27(32(38)35-19-21-17-28(40-4)31(42-6)29(18-21)41-5)36-33(39)43-20-26-24-13-9-7-11-22(24)23-12-8-10-14-25(23)26/h7-14,17-18,26-27H,15-16,19-20H2,1-6H3,(H,35,38)(H,36,39)/t27-/m0/s1. The third kappa shape index (κ3) is 7.80. The zero-order valence-electron chi connectivity index (χ0n) is 26.0. The Morgan fingerprint density at radius 1 is 0.841 bits per heavy atom. The molecule has 0 heterocycles. The summed E-state index contributed by atoms with van der Waals surface area (Å²) in [6, 6.07) is 18.4. The fraction of sp³-hybridized carbons (Fsp3) is 0.382. The largest absolute Gasteiger partial charge is 0.493 e. The molecule has 10 nitrogen and oxygen atoms in total. The molecule has 0 saturated heterocycles. The summed E-state index contributed by atoms with van der Waals surface area (Å²) in [4.78, 5) is 38.8. The molecule has 0 saturated carbocycles. The molecular weight excluding hydrogens is 564 g/mol. The van der Waals surface area contributed by atoms with Gasteiger partial charge in [0.15, 0.2) is 11.5 Å². The number of ether oxygens (including phenoxy) is 5. The normalized spacial score (nSPS) is 12.8. The lowest BCUT2D eigenvalue weighted by Crippen LogP contribution is -2.47. The summed E-state index contributed by atoms with van der Waals surface area (Å²) in [6.45, 7) is 5.49. The second kappa shape index (κ2) is 14.2. The van der Waals surface area contributed by atoms with E-state index in [4.69, 9.17) is 23.7 Å². The van der Waals surface area contributed by atoms with Gasteiger partial charge in [-0.05, 0) is 67.1 Å². The maximum absolute atomic E-state index is 13.3. The van der Waals surface area contributed by atoms with Crippen molar-refractivity contribution >= 4 is 18.0 Å². The van der Waals surface area contributed by atoms with Gasteiger partial charge in [-0.3, -0.25) is 9.59 Å². The number of methoxy groups -OCH3 is 3. The van der Waals surface area contributed by atoms with Gasteiger partial charge in [-0.15, -0.1) is 0 Å². The van der Waals surface area contributed by atoms with Crippen LogP contribution in [-0.2, 0) is 25.6 Å². The maximum atomic E-state index is 13.3. The van der Waals surface area contributed by atoms with Gasteiger partial charge in [0.25, 0.3) is 0 Å². The van der Waals surface area contributed by atoms with Crippen LogP contribution >= 0.6 is 0 Å². The molecule has 0 radical (unpaired) electrons. The van der Waals surface area contributed by atoms with Crippen molar-refractivity contribution < 1.29 is 38.1 Å². The number of esters is 1. The van der Waals surface area contributed by atoms with Gasteiger partial charge in [-0.25, -0.2) is 4.79 Å². The van der Waals surface area contributed by atoms with E-state index in [0.717, 1.165) is 22.3 Å². The smallest absolute Gasteiger partial charge is 0.407 e. The van der Waals surface area contributed by atoms with E-state index in [1.807, 2.05) is 36.4 Å². The molecule has 44 heavy (non-hydrogen) atoms. The molecule has 3 aromatic carbocycles. The van der Waals surface area contributed by atoms with Gasteiger partial charge >= 0.3 is 12.1 Å². The van der Waals surface area contributed by atoms with Crippen LogP contribution < -0.4 is 24.8 Å². The number of benzene rings is 3. The molecule has 0 bridgehead atoms. The fourth-order valence-electron chi connectivity index (χ4n) is 5.26. The highest BCUT2D eigenvalue weighted by molar-refractivity contribution is 5.86. The molecule has 2 N–H and O–H groups in total. The molecular formula is C34H40N2O8. The highest BCUT2D eigenvalue weighted by Gasteiger charge is 2.30. The van der Waals surface area contributed by atoms with E-state index in [1.54, 1.807) is 32.9 Å². The van der Waals surface area contributed by atoms with Crippen LogP contribution in [-0.4, -0.2) is 57.5 Å². The number of nitrogens with one attached hydrogen (secondary N) is 2. The lowest BCUT2D eigenvalue weighted by Gasteiger charge is -2.22. The number of alkyl carbamates (subject to hydrolysis) is 1. The van der Waals surface area contributed by atoms with Crippen molar-refractivity contribution in [3.63, 3.8) is 0 Å². The maximum Gasteiger partial charge on any atom is 0.407 e. The van der Waals surface area contributed by atoms with Crippen molar-refractivity contribution in [2.24, 2.45) is 0 Å². The summed E-state index contributed by atoms with van der Waals surface area (Å²) in [5.74, 6) is 0.202. The number of carbonyl (C=O) groups excluding carboxylic acids is 3. The third-order valence-corrected chi connectivity index (χ3v) is 7.20. The molecule has 0 aromatic heterocycles. The highest BCUT2D eigenvalue weighted by atomic mass is 16.6. The van der Waals surface area contributed by atoms with Crippen molar-refractivity contribution in [3.8, 4) is 28.4 Å². The Morgan fingerprint density at radius 3 is 1.93 bits per heavy atom. The molecule has 0 aliphatic heterocycles. The van der Waals surface area contributed by atoms with E-state index in [-0.39, 0.29) is 31.9 Å². The van der Waals surface area contributed by atoms with Crippen LogP contribution in [0.15, 0.2) is 60.7 Å². The average molecular weight is 605 g/mol. The minimum atomic E-state index is -1.06. The van der Waals surface area contributed by atoms with E-state index in [2.05, 4.69) is 22.8 Å². The van der Waals surface area contributed by atoms with Gasteiger partial charge in [0.1, 0.15) is 18.2 Å². The topological polar surface area (TPSA) is 121 Å². The molecule has 3 aromatic rings. The molecule has 1 atom stereocenters. The quantitative estimate of drug-likeness (QED) is 0.265. The minimum Gasteiger partial charge on any atom is -0.493 e. The van der Waals surface area contributed by atoms with Gasteiger partial charge in [0.2, 0.25) is 11.7 Å². The van der Waals surface area contributed by atoms with Gasteiger partial charge in [-0.1, -0.05) is 48.5 Å². The van der Waals surface area contributed by atoms with Crippen LogP contribution in [0.5, 0.6) is 17.2 Å².